The van der Waals surface area contributed by atoms with E-state index in [1.165, 1.54) is 0 Å². The number of nitrogens with one attached hydrogen (secondary N) is 1. The van der Waals surface area contributed by atoms with Gasteiger partial charge in [0.1, 0.15) is 5.82 Å². The van der Waals surface area contributed by atoms with Crippen molar-refractivity contribution in [1.82, 2.24) is 19.4 Å². The van der Waals surface area contributed by atoms with Gasteiger partial charge in [-0.2, -0.15) is 0 Å². The Balaban J connectivity index is 1.63. The molecular formula is C18H20N4O. The molecule has 1 unspecified atom stereocenters. The molecule has 3 heterocycles. The number of aromatic nitrogens is 3. The van der Waals surface area contributed by atoms with Crippen LogP contribution < -0.4 is 0 Å². The van der Waals surface area contributed by atoms with Crippen LogP contribution in [0.5, 0.6) is 0 Å². The molecule has 23 heavy (non-hydrogen) atoms. The average molecular weight is 308 g/mol. The number of hydrogen-bond donors (Lipinski definition) is 1. The van der Waals surface area contributed by atoms with Crippen molar-refractivity contribution in [3.63, 3.8) is 0 Å². The summed E-state index contributed by atoms with van der Waals surface area (Å²) in [4.78, 5) is 22.5. The van der Waals surface area contributed by atoms with Crippen molar-refractivity contribution in [1.29, 1.82) is 0 Å². The molecule has 1 atom stereocenters. The van der Waals surface area contributed by atoms with Crippen LogP contribution in [0.4, 0.5) is 0 Å². The Kier molecular flexibility index (Phi) is 3.41. The van der Waals surface area contributed by atoms with Crippen molar-refractivity contribution in [2.45, 2.75) is 18.8 Å². The molecule has 1 saturated heterocycles. The van der Waals surface area contributed by atoms with E-state index in [1.54, 1.807) is 6.20 Å². The largest absolute Gasteiger partial charge is 0.350 e. The number of nitrogens with zero attached hydrogens (tertiary/aromatic N) is 3. The van der Waals surface area contributed by atoms with Gasteiger partial charge in [0.2, 0.25) is 0 Å². The van der Waals surface area contributed by atoms with Crippen LogP contribution in [0.25, 0.3) is 10.9 Å². The second-order valence-corrected chi connectivity index (χ2v) is 6.24. The SMILES string of the molecule is Cn1cc(C(=O)N2CCCC(c3ncc[nH]3)C2)c2ccccc21. The standard InChI is InChI=1S/C18H20N4O/c1-21-12-15(14-6-2-3-7-16(14)21)18(23)22-10-4-5-13(11-22)17-19-8-9-20-17/h2-3,6-9,12-13H,4-5,10-11H2,1H3,(H,19,20). The summed E-state index contributed by atoms with van der Waals surface area (Å²) >= 11 is 0. The van der Waals surface area contributed by atoms with Gasteiger partial charge in [0.25, 0.3) is 5.91 Å². The molecule has 0 spiro atoms. The molecule has 1 aliphatic heterocycles. The van der Waals surface area contributed by atoms with Gasteiger partial charge < -0.3 is 14.5 Å². The minimum absolute atomic E-state index is 0.123. The molecular weight excluding hydrogens is 288 g/mol. The summed E-state index contributed by atoms with van der Waals surface area (Å²) in [6.45, 7) is 1.55. The Morgan fingerprint density at radius 3 is 3.04 bits per heavy atom. The number of carbonyl (C=O) groups is 1. The van der Waals surface area contributed by atoms with Gasteiger partial charge in [-0.05, 0) is 18.9 Å². The first-order chi connectivity index (χ1) is 11.2. The maximum absolute atomic E-state index is 13.0. The van der Waals surface area contributed by atoms with Crippen molar-refractivity contribution in [3.8, 4) is 0 Å². The number of carbonyl (C=O) groups excluding carboxylic acids is 1. The molecule has 118 valence electrons. The van der Waals surface area contributed by atoms with Crippen molar-refractivity contribution in [2.75, 3.05) is 13.1 Å². The van der Waals surface area contributed by atoms with Crippen LogP contribution >= 0.6 is 0 Å². The lowest BCUT2D eigenvalue weighted by atomic mass is 9.96. The van der Waals surface area contributed by atoms with Crippen molar-refractivity contribution < 1.29 is 4.79 Å². The predicted octanol–water partition coefficient (Wildman–Crippen LogP) is 2.92. The molecule has 1 aromatic carbocycles. The number of amides is 1. The highest BCUT2D eigenvalue weighted by atomic mass is 16.2. The Morgan fingerprint density at radius 2 is 2.22 bits per heavy atom. The number of piperidine rings is 1. The van der Waals surface area contributed by atoms with Gasteiger partial charge >= 0.3 is 0 Å². The molecule has 1 amide bonds. The van der Waals surface area contributed by atoms with Gasteiger partial charge in [-0.15, -0.1) is 0 Å². The van der Waals surface area contributed by atoms with Gasteiger partial charge in [-0.3, -0.25) is 4.79 Å². The van der Waals surface area contributed by atoms with Crippen LogP contribution in [0, 0.1) is 0 Å². The number of rotatable bonds is 2. The first kappa shape index (κ1) is 14.1. The molecule has 2 aromatic heterocycles. The lowest BCUT2D eigenvalue weighted by molar-refractivity contribution is 0.0706. The van der Waals surface area contributed by atoms with Gasteiger partial charge in [0, 0.05) is 55.5 Å². The van der Waals surface area contributed by atoms with Crippen molar-refractivity contribution in [2.24, 2.45) is 7.05 Å². The number of imidazole rings is 1. The smallest absolute Gasteiger partial charge is 0.256 e. The van der Waals surface area contributed by atoms with Gasteiger partial charge in [0.05, 0.1) is 5.56 Å². The first-order valence-corrected chi connectivity index (χ1v) is 8.06. The molecule has 4 rings (SSSR count). The van der Waals surface area contributed by atoms with E-state index in [4.69, 9.17) is 0 Å². The number of fused-ring (bicyclic) bond motifs is 1. The molecule has 3 aromatic rings. The lowest BCUT2D eigenvalue weighted by Crippen LogP contribution is -2.39. The Morgan fingerprint density at radius 1 is 1.35 bits per heavy atom. The highest BCUT2D eigenvalue weighted by molar-refractivity contribution is 6.07. The molecule has 0 radical (unpaired) electrons. The zero-order valence-corrected chi connectivity index (χ0v) is 13.2. The number of aryl methyl sites for hydroxylation is 1. The number of H-pyrrole nitrogens is 1. The summed E-state index contributed by atoms with van der Waals surface area (Å²) in [5.74, 6) is 1.41. The van der Waals surface area contributed by atoms with Crippen LogP contribution in [0.15, 0.2) is 42.9 Å². The number of aromatic amines is 1. The summed E-state index contributed by atoms with van der Waals surface area (Å²) in [6.07, 6.45) is 7.67. The number of likely N-dealkylation sites (tertiary alicyclic amines) is 1. The fraction of sp³-hybridized carbons (Fsp3) is 0.333. The van der Waals surface area contributed by atoms with Crippen LogP contribution in [0.2, 0.25) is 0 Å². The summed E-state index contributed by atoms with van der Waals surface area (Å²) in [5.41, 5.74) is 1.89. The van der Waals surface area contributed by atoms with E-state index in [0.717, 1.165) is 48.2 Å². The second kappa shape index (κ2) is 5.57. The molecule has 0 saturated carbocycles. The van der Waals surface area contributed by atoms with E-state index >= 15 is 0 Å². The topological polar surface area (TPSA) is 53.9 Å². The van der Waals surface area contributed by atoms with E-state index in [-0.39, 0.29) is 5.91 Å². The van der Waals surface area contributed by atoms with E-state index in [1.807, 2.05) is 53.2 Å². The van der Waals surface area contributed by atoms with Gasteiger partial charge in [-0.1, -0.05) is 18.2 Å². The Labute approximate surface area is 134 Å². The summed E-state index contributed by atoms with van der Waals surface area (Å²) in [6, 6.07) is 8.07. The highest BCUT2D eigenvalue weighted by Crippen LogP contribution is 2.27. The molecule has 0 aliphatic carbocycles. The molecule has 0 bridgehead atoms. The Hall–Kier alpha value is -2.56. The fourth-order valence-corrected chi connectivity index (χ4v) is 3.57. The molecule has 1 aliphatic rings. The van der Waals surface area contributed by atoms with Crippen LogP contribution in [0.3, 0.4) is 0 Å². The summed E-state index contributed by atoms with van der Waals surface area (Å²) < 4.78 is 2.02. The minimum Gasteiger partial charge on any atom is -0.350 e. The van der Waals surface area contributed by atoms with E-state index in [2.05, 4.69) is 9.97 Å². The number of para-hydroxylation sites is 1. The lowest BCUT2D eigenvalue weighted by Gasteiger charge is -2.31. The Bertz CT molecular complexity index is 834. The average Bonchev–Trinajstić information content (AvgIpc) is 3.23. The molecule has 5 nitrogen and oxygen atoms in total. The second-order valence-electron chi connectivity index (χ2n) is 6.24. The number of benzene rings is 1. The van der Waals surface area contributed by atoms with Gasteiger partial charge in [-0.25, -0.2) is 4.98 Å². The molecule has 1 N–H and O–H groups in total. The van der Waals surface area contributed by atoms with E-state index in [0.29, 0.717) is 5.92 Å². The quantitative estimate of drug-likeness (QED) is 0.791. The predicted molar refractivity (Wildman–Crippen MR) is 89.4 cm³/mol. The third-order valence-electron chi connectivity index (χ3n) is 4.74. The van der Waals surface area contributed by atoms with Crippen LogP contribution in [-0.2, 0) is 7.05 Å². The monoisotopic (exact) mass is 308 g/mol. The van der Waals surface area contributed by atoms with Crippen LogP contribution in [-0.4, -0.2) is 38.4 Å². The number of hydrogen-bond acceptors (Lipinski definition) is 2. The molecule has 5 heteroatoms. The van der Waals surface area contributed by atoms with Crippen molar-refractivity contribution in [3.05, 3.63) is 54.2 Å². The minimum atomic E-state index is 0.123. The van der Waals surface area contributed by atoms with E-state index in [9.17, 15) is 4.79 Å². The van der Waals surface area contributed by atoms with E-state index < -0.39 is 0 Å². The van der Waals surface area contributed by atoms with Crippen molar-refractivity contribution >= 4 is 16.8 Å². The summed E-state index contributed by atoms with van der Waals surface area (Å²) in [5, 5.41) is 1.03. The fourth-order valence-electron chi connectivity index (χ4n) is 3.57. The normalized spacial score (nSPS) is 18.5. The zero-order valence-electron chi connectivity index (χ0n) is 13.2. The maximum atomic E-state index is 13.0. The first-order valence-electron chi connectivity index (χ1n) is 8.06. The third kappa shape index (κ3) is 2.42. The zero-order chi connectivity index (χ0) is 15.8. The van der Waals surface area contributed by atoms with Gasteiger partial charge in [0.15, 0.2) is 0 Å². The summed E-state index contributed by atoms with van der Waals surface area (Å²) in [7, 11) is 1.99. The highest BCUT2D eigenvalue weighted by Gasteiger charge is 2.28. The third-order valence-corrected chi connectivity index (χ3v) is 4.74. The van der Waals surface area contributed by atoms with Crippen LogP contribution in [0.1, 0.15) is 34.9 Å². The maximum Gasteiger partial charge on any atom is 0.256 e. The molecule has 1 fully saturated rings.